The molecule has 2 unspecified atom stereocenters. The fourth-order valence-corrected chi connectivity index (χ4v) is 3.12. The minimum absolute atomic E-state index is 0.0272. The van der Waals surface area contributed by atoms with E-state index in [2.05, 4.69) is 17.4 Å². The van der Waals surface area contributed by atoms with Gasteiger partial charge in [-0.15, -0.1) is 0 Å². The largest absolute Gasteiger partial charge is 0.385 e. The summed E-state index contributed by atoms with van der Waals surface area (Å²) in [6, 6.07) is 10.2. The van der Waals surface area contributed by atoms with E-state index in [9.17, 15) is 9.90 Å². The third-order valence-corrected chi connectivity index (χ3v) is 4.82. The standard InChI is InChI=1S/C16H23NO3S/c1-13-16(19,8-9-20-13)12-17-15(18)11-21-10-7-14-5-3-2-4-6-14/h2-6,13,19H,7-12H2,1H3,(H,17,18). The van der Waals surface area contributed by atoms with E-state index in [1.165, 1.54) is 5.56 Å². The molecule has 0 bridgehead atoms. The quantitative estimate of drug-likeness (QED) is 0.752. The molecule has 1 aromatic carbocycles. The zero-order chi connectivity index (χ0) is 15.1. The lowest BCUT2D eigenvalue weighted by molar-refractivity contribution is -0.120. The predicted octanol–water partition coefficient (Wildman–Crippen LogP) is 1.62. The molecular weight excluding hydrogens is 286 g/mol. The van der Waals surface area contributed by atoms with Gasteiger partial charge < -0.3 is 15.2 Å². The van der Waals surface area contributed by atoms with Crippen molar-refractivity contribution < 1.29 is 14.6 Å². The van der Waals surface area contributed by atoms with E-state index in [-0.39, 0.29) is 18.6 Å². The lowest BCUT2D eigenvalue weighted by atomic mass is 9.97. The van der Waals surface area contributed by atoms with Crippen LogP contribution in [0.5, 0.6) is 0 Å². The van der Waals surface area contributed by atoms with Crippen LogP contribution in [-0.4, -0.2) is 47.4 Å². The molecule has 4 nitrogen and oxygen atoms in total. The van der Waals surface area contributed by atoms with Gasteiger partial charge in [0.1, 0.15) is 5.60 Å². The van der Waals surface area contributed by atoms with E-state index in [4.69, 9.17) is 4.74 Å². The van der Waals surface area contributed by atoms with Crippen LogP contribution in [0.1, 0.15) is 18.9 Å². The Morgan fingerprint density at radius 3 is 2.90 bits per heavy atom. The van der Waals surface area contributed by atoms with Crippen molar-refractivity contribution in [2.75, 3.05) is 24.7 Å². The van der Waals surface area contributed by atoms with E-state index >= 15 is 0 Å². The average Bonchev–Trinajstić information content (AvgIpc) is 2.83. The number of aliphatic hydroxyl groups is 1. The molecule has 1 amide bonds. The van der Waals surface area contributed by atoms with Crippen LogP contribution in [0, 0.1) is 0 Å². The highest BCUT2D eigenvalue weighted by atomic mass is 32.2. The molecule has 0 spiro atoms. The molecule has 2 N–H and O–H groups in total. The van der Waals surface area contributed by atoms with E-state index < -0.39 is 5.60 Å². The number of carbonyl (C=O) groups excluding carboxylic acids is 1. The number of ether oxygens (including phenoxy) is 1. The maximum atomic E-state index is 11.8. The molecule has 0 aromatic heterocycles. The Kier molecular flexibility index (Phi) is 6.08. The molecule has 0 saturated carbocycles. The summed E-state index contributed by atoms with van der Waals surface area (Å²) in [6.07, 6.45) is 1.33. The average molecular weight is 309 g/mol. The molecule has 1 saturated heterocycles. The second-order valence-electron chi connectivity index (χ2n) is 5.43. The summed E-state index contributed by atoms with van der Waals surface area (Å²) in [6.45, 7) is 2.67. The first-order valence-electron chi connectivity index (χ1n) is 7.32. The van der Waals surface area contributed by atoms with Gasteiger partial charge in [-0.2, -0.15) is 11.8 Å². The van der Waals surface area contributed by atoms with Gasteiger partial charge in [0.05, 0.1) is 11.9 Å². The summed E-state index contributed by atoms with van der Waals surface area (Å²) in [5.41, 5.74) is 0.376. The van der Waals surface area contributed by atoms with Crippen LogP contribution in [-0.2, 0) is 16.0 Å². The van der Waals surface area contributed by atoms with E-state index in [0.29, 0.717) is 18.8 Å². The number of nitrogens with one attached hydrogen (secondary N) is 1. The Hall–Kier alpha value is -1.04. The SMILES string of the molecule is CC1OCCC1(O)CNC(=O)CSCCc1ccccc1. The predicted molar refractivity (Wildman–Crippen MR) is 85.5 cm³/mol. The smallest absolute Gasteiger partial charge is 0.230 e. The van der Waals surface area contributed by atoms with Crippen molar-refractivity contribution in [3.63, 3.8) is 0 Å². The monoisotopic (exact) mass is 309 g/mol. The number of hydrogen-bond acceptors (Lipinski definition) is 4. The molecule has 1 fully saturated rings. The van der Waals surface area contributed by atoms with Gasteiger partial charge in [0.15, 0.2) is 0 Å². The second-order valence-corrected chi connectivity index (χ2v) is 6.54. The fourth-order valence-electron chi connectivity index (χ4n) is 2.31. The van der Waals surface area contributed by atoms with Crippen LogP contribution < -0.4 is 5.32 Å². The normalized spacial score (nSPS) is 25.0. The first kappa shape index (κ1) is 16.3. The molecule has 1 heterocycles. The number of hydrogen-bond donors (Lipinski definition) is 2. The Morgan fingerprint density at radius 2 is 2.24 bits per heavy atom. The van der Waals surface area contributed by atoms with Gasteiger partial charge in [-0.05, 0) is 24.7 Å². The maximum Gasteiger partial charge on any atom is 0.230 e. The summed E-state index contributed by atoms with van der Waals surface area (Å²) in [7, 11) is 0. The number of thioether (sulfide) groups is 1. The van der Waals surface area contributed by atoms with Gasteiger partial charge in [0.2, 0.25) is 5.91 Å². The van der Waals surface area contributed by atoms with E-state index in [1.807, 2.05) is 25.1 Å². The van der Waals surface area contributed by atoms with E-state index in [0.717, 1.165) is 12.2 Å². The van der Waals surface area contributed by atoms with Gasteiger partial charge in [0, 0.05) is 19.6 Å². The fraction of sp³-hybridized carbons (Fsp3) is 0.562. The highest BCUT2D eigenvalue weighted by Gasteiger charge is 2.39. The topological polar surface area (TPSA) is 58.6 Å². The first-order chi connectivity index (χ1) is 10.1. The van der Waals surface area contributed by atoms with Crippen molar-refractivity contribution in [2.24, 2.45) is 0 Å². The zero-order valence-corrected chi connectivity index (χ0v) is 13.2. The van der Waals surface area contributed by atoms with Crippen molar-refractivity contribution in [3.8, 4) is 0 Å². The highest BCUT2D eigenvalue weighted by molar-refractivity contribution is 7.99. The maximum absolute atomic E-state index is 11.8. The van der Waals surface area contributed by atoms with Crippen LogP contribution in [0.3, 0.4) is 0 Å². The molecule has 0 radical (unpaired) electrons. The Labute approximate surface area is 130 Å². The first-order valence-corrected chi connectivity index (χ1v) is 8.48. The van der Waals surface area contributed by atoms with Crippen molar-refractivity contribution in [1.29, 1.82) is 0 Å². The lowest BCUT2D eigenvalue weighted by Gasteiger charge is -2.26. The number of aryl methyl sites for hydroxylation is 1. The molecule has 0 aliphatic carbocycles. The molecule has 2 rings (SSSR count). The van der Waals surface area contributed by atoms with Crippen molar-refractivity contribution in [1.82, 2.24) is 5.32 Å². The van der Waals surface area contributed by atoms with E-state index in [1.54, 1.807) is 11.8 Å². The summed E-state index contributed by atoms with van der Waals surface area (Å²) in [4.78, 5) is 11.8. The van der Waals surface area contributed by atoms with Crippen LogP contribution in [0.4, 0.5) is 0 Å². The minimum atomic E-state index is -0.912. The molecular formula is C16H23NO3S. The van der Waals surface area contributed by atoms with Crippen molar-refractivity contribution >= 4 is 17.7 Å². The van der Waals surface area contributed by atoms with Crippen molar-refractivity contribution in [3.05, 3.63) is 35.9 Å². The third kappa shape index (κ3) is 5.02. The number of benzene rings is 1. The molecule has 1 aliphatic heterocycles. The number of carbonyl (C=O) groups is 1. The minimum Gasteiger partial charge on any atom is -0.385 e. The summed E-state index contributed by atoms with van der Waals surface area (Å²) in [5.74, 6) is 1.32. The highest BCUT2D eigenvalue weighted by Crippen LogP contribution is 2.24. The summed E-state index contributed by atoms with van der Waals surface area (Å²) < 4.78 is 5.34. The van der Waals surface area contributed by atoms with Gasteiger partial charge in [-0.25, -0.2) is 0 Å². The summed E-state index contributed by atoms with van der Waals surface area (Å²) in [5, 5.41) is 13.1. The van der Waals surface area contributed by atoms with Crippen molar-refractivity contribution in [2.45, 2.75) is 31.5 Å². The van der Waals surface area contributed by atoms with Gasteiger partial charge >= 0.3 is 0 Å². The van der Waals surface area contributed by atoms with Gasteiger partial charge in [0.25, 0.3) is 0 Å². The molecule has 1 aliphatic rings. The second kappa shape index (κ2) is 7.82. The Morgan fingerprint density at radius 1 is 1.48 bits per heavy atom. The zero-order valence-electron chi connectivity index (χ0n) is 12.4. The lowest BCUT2D eigenvalue weighted by Crippen LogP contribution is -2.47. The molecule has 21 heavy (non-hydrogen) atoms. The van der Waals surface area contributed by atoms with Crippen LogP contribution >= 0.6 is 11.8 Å². The number of rotatable bonds is 7. The van der Waals surface area contributed by atoms with Crippen LogP contribution in [0.25, 0.3) is 0 Å². The molecule has 1 aromatic rings. The van der Waals surface area contributed by atoms with Gasteiger partial charge in [-0.3, -0.25) is 4.79 Å². The molecule has 5 heteroatoms. The number of amides is 1. The molecule has 2 atom stereocenters. The van der Waals surface area contributed by atoms with Gasteiger partial charge in [-0.1, -0.05) is 30.3 Å². The van der Waals surface area contributed by atoms with Crippen LogP contribution in [0.2, 0.25) is 0 Å². The Bertz CT molecular complexity index is 454. The van der Waals surface area contributed by atoms with Crippen LogP contribution in [0.15, 0.2) is 30.3 Å². The Balaban J connectivity index is 1.60. The third-order valence-electron chi connectivity index (χ3n) is 3.86. The molecule has 116 valence electrons. The summed E-state index contributed by atoms with van der Waals surface area (Å²) >= 11 is 1.61.